The third-order valence-electron chi connectivity index (χ3n) is 3.54. The molecule has 0 amide bonds. The molecule has 1 aliphatic heterocycles. The van der Waals surface area contributed by atoms with Gasteiger partial charge in [-0.05, 0) is 17.9 Å². The number of carbonyl (C=O) groups is 1. The summed E-state index contributed by atoms with van der Waals surface area (Å²) in [5.74, 6) is -0.327. The summed E-state index contributed by atoms with van der Waals surface area (Å²) in [4.78, 5) is 11.9. The molecule has 4 nitrogen and oxygen atoms in total. The van der Waals surface area contributed by atoms with Crippen molar-refractivity contribution >= 4 is 5.97 Å². The van der Waals surface area contributed by atoms with Crippen LogP contribution < -0.4 is 5.32 Å². The van der Waals surface area contributed by atoms with Crippen molar-refractivity contribution in [1.29, 1.82) is 0 Å². The van der Waals surface area contributed by atoms with Gasteiger partial charge in [-0.2, -0.15) is 0 Å². The van der Waals surface area contributed by atoms with Crippen LogP contribution in [-0.4, -0.2) is 31.3 Å². The van der Waals surface area contributed by atoms with Crippen molar-refractivity contribution in [3.05, 3.63) is 35.9 Å². The second-order valence-corrected chi connectivity index (χ2v) is 4.71. The molecule has 0 spiro atoms. The Labute approximate surface area is 107 Å². The SMILES string of the molecule is COC(=O)C1CC(CO)CNC1c1ccccc1. The first kappa shape index (κ1) is 13.1. The van der Waals surface area contributed by atoms with E-state index in [0.29, 0.717) is 6.42 Å². The number of piperidine rings is 1. The van der Waals surface area contributed by atoms with Crippen LogP contribution in [0.1, 0.15) is 18.0 Å². The molecular formula is C14H19NO3. The van der Waals surface area contributed by atoms with Crippen LogP contribution in [0.15, 0.2) is 30.3 Å². The highest BCUT2D eigenvalue weighted by Gasteiger charge is 2.36. The molecule has 2 N–H and O–H groups in total. The highest BCUT2D eigenvalue weighted by atomic mass is 16.5. The van der Waals surface area contributed by atoms with Gasteiger partial charge in [-0.1, -0.05) is 30.3 Å². The van der Waals surface area contributed by atoms with E-state index in [4.69, 9.17) is 4.74 Å². The van der Waals surface area contributed by atoms with E-state index in [1.165, 1.54) is 7.11 Å². The van der Waals surface area contributed by atoms with Gasteiger partial charge >= 0.3 is 5.97 Å². The first-order valence-corrected chi connectivity index (χ1v) is 6.23. The van der Waals surface area contributed by atoms with Crippen LogP contribution in [0.5, 0.6) is 0 Å². The average Bonchev–Trinajstić information content (AvgIpc) is 2.46. The summed E-state index contributed by atoms with van der Waals surface area (Å²) in [6.45, 7) is 0.825. The second-order valence-electron chi connectivity index (χ2n) is 4.71. The zero-order chi connectivity index (χ0) is 13.0. The maximum absolute atomic E-state index is 11.9. The number of rotatable bonds is 3. The van der Waals surface area contributed by atoms with Crippen LogP contribution in [0.25, 0.3) is 0 Å². The lowest BCUT2D eigenvalue weighted by Crippen LogP contribution is -2.44. The van der Waals surface area contributed by atoms with E-state index in [0.717, 1.165) is 12.1 Å². The summed E-state index contributed by atoms with van der Waals surface area (Å²) in [5.41, 5.74) is 1.09. The van der Waals surface area contributed by atoms with Crippen LogP contribution in [0, 0.1) is 11.8 Å². The Bertz CT molecular complexity index is 393. The number of hydrogen-bond donors (Lipinski definition) is 2. The zero-order valence-electron chi connectivity index (χ0n) is 10.5. The maximum atomic E-state index is 11.9. The van der Waals surface area contributed by atoms with Crippen molar-refractivity contribution < 1.29 is 14.6 Å². The molecule has 0 saturated carbocycles. The number of hydrogen-bond acceptors (Lipinski definition) is 4. The lowest BCUT2D eigenvalue weighted by atomic mass is 9.82. The van der Waals surface area contributed by atoms with Crippen molar-refractivity contribution in [2.45, 2.75) is 12.5 Å². The predicted octanol–water partition coefficient (Wildman–Crippen LogP) is 1.12. The van der Waals surface area contributed by atoms with Crippen LogP contribution in [0.3, 0.4) is 0 Å². The Balaban J connectivity index is 2.20. The number of aliphatic hydroxyl groups excluding tert-OH is 1. The Kier molecular flexibility index (Phi) is 4.33. The van der Waals surface area contributed by atoms with E-state index in [1.54, 1.807) is 0 Å². The largest absolute Gasteiger partial charge is 0.469 e. The molecule has 0 radical (unpaired) electrons. The molecule has 0 aliphatic carbocycles. The average molecular weight is 249 g/mol. The van der Waals surface area contributed by atoms with Crippen molar-refractivity contribution in [2.24, 2.45) is 11.8 Å². The number of methoxy groups -OCH3 is 1. The van der Waals surface area contributed by atoms with Crippen LogP contribution >= 0.6 is 0 Å². The van der Waals surface area contributed by atoms with Crippen LogP contribution in [0.2, 0.25) is 0 Å². The smallest absolute Gasteiger partial charge is 0.310 e. The second kappa shape index (κ2) is 5.98. The lowest BCUT2D eigenvalue weighted by Gasteiger charge is -2.35. The number of aliphatic hydroxyl groups is 1. The van der Waals surface area contributed by atoms with E-state index in [2.05, 4.69) is 5.32 Å². The molecule has 0 bridgehead atoms. The third-order valence-corrected chi connectivity index (χ3v) is 3.54. The van der Waals surface area contributed by atoms with Crippen LogP contribution in [0.4, 0.5) is 0 Å². The highest BCUT2D eigenvalue weighted by Crippen LogP contribution is 2.32. The van der Waals surface area contributed by atoms with Gasteiger partial charge in [0.25, 0.3) is 0 Å². The predicted molar refractivity (Wildman–Crippen MR) is 67.9 cm³/mol. The Morgan fingerprint density at radius 3 is 2.78 bits per heavy atom. The fourth-order valence-electron chi connectivity index (χ4n) is 2.55. The number of esters is 1. The summed E-state index contributed by atoms with van der Waals surface area (Å²) < 4.78 is 4.87. The monoisotopic (exact) mass is 249 g/mol. The van der Waals surface area contributed by atoms with Crippen molar-refractivity contribution in [3.8, 4) is 0 Å². The number of carbonyl (C=O) groups excluding carboxylic acids is 1. The topological polar surface area (TPSA) is 58.6 Å². The summed E-state index contributed by atoms with van der Waals surface area (Å²) >= 11 is 0. The molecule has 1 aromatic carbocycles. The quantitative estimate of drug-likeness (QED) is 0.788. The van der Waals surface area contributed by atoms with Gasteiger partial charge in [0, 0.05) is 19.2 Å². The molecular weight excluding hydrogens is 230 g/mol. The molecule has 1 aliphatic rings. The molecule has 98 valence electrons. The van der Waals surface area contributed by atoms with Gasteiger partial charge in [-0.15, -0.1) is 0 Å². The first-order chi connectivity index (χ1) is 8.76. The van der Waals surface area contributed by atoms with Crippen molar-refractivity contribution in [1.82, 2.24) is 5.32 Å². The molecule has 1 saturated heterocycles. The Morgan fingerprint density at radius 2 is 2.17 bits per heavy atom. The summed E-state index contributed by atoms with van der Waals surface area (Å²) in [6, 6.07) is 9.87. The minimum Gasteiger partial charge on any atom is -0.469 e. The normalized spacial score (nSPS) is 27.8. The Hall–Kier alpha value is -1.39. The van der Waals surface area contributed by atoms with E-state index < -0.39 is 0 Å². The molecule has 3 atom stereocenters. The number of benzene rings is 1. The minimum absolute atomic E-state index is 0.0264. The van der Waals surface area contributed by atoms with E-state index in [1.807, 2.05) is 30.3 Å². The minimum atomic E-state index is -0.233. The van der Waals surface area contributed by atoms with Gasteiger partial charge < -0.3 is 15.2 Å². The van der Waals surface area contributed by atoms with Gasteiger partial charge in [0.2, 0.25) is 0 Å². The molecule has 2 rings (SSSR count). The van der Waals surface area contributed by atoms with E-state index in [-0.39, 0.29) is 30.5 Å². The van der Waals surface area contributed by atoms with Gasteiger partial charge in [0.05, 0.1) is 13.0 Å². The van der Waals surface area contributed by atoms with Gasteiger partial charge in [0.1, 0.15) is 0 Å². The van der Waals surface area contributed by atoms with Gasteiger partial charge in [-0.25, -0.2) is 0 Å². The lowest BCUT2D eigenvalue weighted by molar-refractivity contribution is -0.148. The van der Waals surface area contributed by atoms with Crippen LogP contribution in [-0.2, 0) is 9.53 Å². The summed E-state index contributed by atoms with van der Waals surface area (Å²) in [5, 5.41) is 12.6. The third kappa shape index (κ3) is 2.71. The summed E-state index contributed by atoms with van der Waals surface area (Å²) in [6.07, 6.45) is 0.662. The first-order valence-electron chi connectivity index (χ1n) is 6.23. The van der Waals surface area contributed by atoms with E-state index >= 15 is 0 Å². The molecule has 4 heteroatoms. The molecule has 0 aromatic heterocycles. The van der Waals surface area contributed by atoms with E-state index in [9.17, 15) is 9.90 Å². The van der Waals surface area contributed by atoms with Crippen molar-refractivity contribution in [3.63, 3.8) is 0 Å². The van der Waals surface area contributed by atoms with Crippen molar-refractivity contribution in [2.75, 3.05) is 20.3 Å². The molecule has 3 unspecified atom stereocenters. The molecule has 1 heterocycles. The molecule has 1 fully saturated rings. The standard InChI is InChI=1S/C14H19NO3/c1-18-14(17)12-7-10(9-16)8-15-13(12)11-5-3-2-4-6-11/h2-6,10,12-13,15-16H,7-9H2,1H3. The summed E-state index contributed by atoms with van der Waals surface area (Å²) in [7, 11) is 1.41. The fourth-order valence-corrected chi connectivity index (χ4v) is 2.55. The van der Waals surface area contributed by atoms with Gasteiger partial charge in [0.15, 0.2) is 0 Å². The number of nitrogens with one attached hydrogen (secondary N) is 1. The zero-order valence-corrected chi connectivity index (χ0v) is 10.5. The number of ether oxygens (including phenoxy) is 1. The maximum Gasteiger partial charge on any atom is 0.310 e. The Morgan fingerprint density at radius 1 is 1.44 bits per heavy atom. The highest BCUT2D eigenvalue weighted by molar-refractivity contribution is 5.73. The molecule has 18 heavy (non-hydrogen) atoms. The molecule has 1 aromatic rings. The van der Waals surface area contributed by atoms with Gasteiger partial charge in [-0.3, -0.25) is 4.79 Å². The fraction of sp³-hybridized carbons (Fsp3) is 0.500.